The molecule has 5 nitrogen and oxygen atoms in total. The number of hydrogen-bond acceptors (Lipinski definition) is 4. The summed E-state index contributed by atoms with van der Waals surface area (Å²) >= 11 is 0. The number of anilines is 1. The van der Waals surface area contributed by atoms with Gasteiger partial charge in [-0.15, -0.1) is 0 Å². The van der Waals surface area contributed by atoms with Crippen molar-refractivity contribution in [2.75, 3.05) is 5.73 Å². The second-order valence-electron chi connectivity index (χ2n) is 4.15. The number of hydrogen-bond donors (Lipinski definition) is 2. The molecule has 2 heterocycles. The first kappa shape index (κ1) is 12.4. The summed E-state index contributed by atoms with van der Waals surface area (Å²) in [5.41, 5.74) is 6.21. The summed E-state index contributed by atoms with van der Waals surface area (Å²) in [4.78, 5) is 14.7. The lowest BCUT2D eigenvalue weighted by atomic mass is 10.1. The van der Waals surface area contributed by atoms with E-state index in [1.165, 1.54) is 18.6 Å². The van der Waals surface area contributed by atoms with Crippen LogP contribution in [-0.2, 0) is 6.18 Å². The van der Waals surface area contributed by atoms with Crippen molar-refractivity contribution < 1.29 is 13.2 Å². The molecule has 2 aromatic heterocycles. The van der Waals surface area contributed by atoms with Crippen molar-refractivity contribution in [1.29, 1.82) is 0 Å². The lowest BCUT2D eigenvalue weighted by molar-refractivity contribution is -0.137. The third-order valence-electron chi connectivity index (χ3n) is 2.80. The van der Waals surface area contributed by atoms with E-state index < -0.39 is 11.7 Å². The number of alkyl halides is 3. The Labute approximate surface area is 110 Å². The maximum absolute atomic E-state index is 12.7. The fourth-order valence-corrected chi connectivity index (χ4v) is 1.83. The van der Waals surface area contributed by atoms with Gasteiger partial charge in [-0.3, -0.25) is 0 Å². The number of rotatable bonds is 1. The molecular formula is C12H8F3N5. The van der Waals surface area contributed by atoms with Crippen molar-refractivity contribution in [1.82, 2.24) is 19.9 Å². The molecule has 0 atom stereocenters. The molecule has 0 saturated heterocycles. The average molecular weight is 279 g/mol. The van der Waals surface area contributed by atoms with E-state index in [0.717, 1.165) is 12.1 Å². The summed E-state index contributed by atoms with van der Waals surface area (Å²) in [5, 5.41) is 0. The highest BCUT2D eigenvalue weighted by molar-refractivity contribution is 5.79. The summed E-state index contributed by atoms with van der Waals surface area (Å²) in [6, 6.07) is 3.10. The SMILES string of the molecule is Nc1ccc(C(F)(F)F)cc1-c1nc2ncncc2[nH]1. The van der Waals surface area contributed by atoms with Crippen LogP contribution in [0.15, 0.2) is 30.7 Å². The Morgan fingerprint density at radius 1 is 1.20 bits per heavy atom. The molecule has 3 rings (SSSR count). The first-order valence-electron chi connectivity index (χ1n) is 5.58. The van der Waals surface area contributed by atoms with E-state index in [0.29, 0.717) is 11.2 Å². The van der Waals surface area contributed by atoms with Gasteiger partial charge in [0.1, 0.15) is 17.7 Å². The highest BCUT2D eigenvalue weighted by atomic mass is 19.4. The molecule has 0 aliphatic carbocycles. The minimum Gasteiger partial charge on any atom is -0.398 e. The normalized spacial score (nSPS) is 11.9. The van der Waals surface area contributed by atoms with Crippen LogP contribution in [0.1, 0.15) is 5.56 Å². The zero-order chi connectivity index (χ0) is 14.3. The van der Waals surface area contributed by atoms with Crippen molar-refractivity contribution in [3.63, 3.8) is 0 Å². The molecule has 0 radical (unpaired) electrons. The molecule has 20 heavy (non-hydrogen) atoms. The molecule has 8 heteroatoms. The van der Waals surface area contributed by atoms with E-state index in [2.05, 4.69) is 19.9 Å². The summed E-state index contributed by atoms with van der Waals surface area (Å²) in [6.07, 6.45) is -1.64. The van der Waals surface area contributed by atoms with Gasteiger partial charge in [0.05, 0.1) is 11.8 Å². The summed E-state index contributed by atoms with van der Waals surface area (Å²) in [5.74, 6) is 0.226. The van der Waals surface area contributed by atoms with Crippen LogP contribution in [0.5, 0.6) is 0 Å². The number of fused-ring (bicyclic) bond motifs is 1. The van der Waals surface area contributed by atoms with Crippen LogP contribution in [0.25, 0.3) is 22.6 Å². The number of aromatic nitrogens is 4. The van der Waals surface area contributed by atoms with Gasteiger partial charge in [0.25, 0.3) is 0 Å². The maximum Gasteiger partial charge on any atom is 0.416 e. The number of nitrogens with one attached hydrogen (secondary N) is 1. The number of nitrogens with two attached hydrogens (primary N) is 1. The van der Waals surface area contributed by atoms with Crippen LogP contribution in [0.4, 0.5) is 18.9 Å². The van der Waals surface area contributed by atoms with Crippen LogP contribution in [-0.4, -0.2) is 19.9 Å². The highest BCUT2D eigenvalue weighted by Crippen LogP contribution is 2.34. The smallest absolute Gasteiger partial charge is 0.398 e. The van der Waals surface area contributed by atoms with E-state index >= 15 is 0 Å². The Kier molecular flexibility index (Phi) is 2.60. The fraction of sp³-hybridized carbons (Fsp3) is 0.0833. The number of halogens is 3. The molecule has 0 aliphatic rings. The number of imidazole rings is 1. The minimum atomic E-state index is -4.44. The number of nitrogens with zero attached hydrogens (tertiary/aromatic N) is 3. The molecule has 0 fully saturated rings. The standard InChI is InChI=1S/C12H8F3N5/c13-12(14,15)6-1-2-8(16)7(3-6)10-19-9-4-17-5-18-11(9)20-10/h1-5H,16H2,(H,17,18,19,20). The molecule has 0 spiro atoms. The van der Waals surface area contributed by atoms with Crippen LogP contribution < -0.4 is 5.73 Å². The van der Waals surface area contributed by atoms with E-state index in [4.69, 9.17) is 5.73 Å². The lowest BCUT2D eigenvalue weighted by Crippen LogP contribution is -2.06. The van der Waals surface area contributed by atoms with Gasteiger partial charge in [-0.1, -0.05) is 0 Å². The maximum atomic E-state index is 12.7. The largest absolute Gasteiger partial charge is 0.416 e. The zero-order valence-corrected chi connectivity index (χ0v) is 9.94. The monoisotopic (exact) mass is 279 g/mol. The van der Waals surface area contributed by atoms with Crippen molar-refractivity contribution in [2.45, 2.75) is 6.18 Å². The quantitative estimate of drug-likeness (QED) is 0.671. The number of benzene rings is 1. The van der Waals surface area contributed by atoms with Crippen molar-refractivity contribution in [2.24, 2.45) is 0 Å². The molecule has 1 aromatic carbocycles. The van der Waals surface area contributed by atoms with Gasteiger partial charge < -0.3 is 10.7 Å². The van der Waals surface area contributed by atoms with Crippen molar-refractivity contribution in [3.05, 3.63) is 36.3 Å². The number of H-pyrrole nitrogens is 1. The average Bonchev–Trinajstić information content (AvgIpc) is 2.81. The molecule has 102 valence electrons. The molecule has 0 unspecified atom stereocenters. The Hall–Kier alpha value is -2.64. The van der Waals surface area contributed by atoms with E-state index in [1.807, 2.05) is 0 Å². The van der Waals surface area contributed by atoms with E-state index in [1.54, 1.807) is 0 Å². The molecule has 0 saturated carbocycles. The molecular weight excluding hydrogens is 271 g/mol. The molecule has 3 N–H and O–H groups in total. The van der Waals surface area contributed by atoms with Gasteiger partial charge in [-0.25, -0.2) is 15.0 Å². The van der Waals surface area contributed by atoms with Gasteiger partial charge in [0, 0.05) is 11.3 Å². The number of nitrogen functional groups attached to an aromatic ring is 1. The Balaban J connectivity index is 2.17. The number of aromatic amines is 1. The second kappa shape index (κ2) is 4.19. The Morgan fingerprint density at radius 2 is 2.00 bits per heavy atom. The van der Waals surface area contributed by atoms with E-state index in [-0.39, 0.29) is 17.1 Å². The van der Waals surface area contributed by atoms with Gasteiger partial charge in [0.2, 0.25) is 0 Å². The van der Waals surface area contributed by atoms with Crippen molar-refractivity contribution >= 4 is 16.9 Å². The first-order chi connectivity index (χ1) is 9.45. The van der Waals surface area contributed by atoms with E-state index in [9.17, 15) is 13.2 Å². The lowest BCUT2D eigenvalue weighted by Gasteiger charge is -2.09. The fourth-order valence-electron chi connectivity index (χ4n) is 1.83. The molecule has 0 aliphatic heterocycles. The predicted octanol–water partition coefficient (Wildman–Crippen LogP) is 2.62. The highest BCUT2D eigenvalue weighted by Gasteiger charge is 2.31. The Morgan fingerprint density at radius 3 is 2.70 bits per heavy atom. The van der Waals surface area contributed by atoms with Crippen LogP contribution in [0.2, 0.25) is 0 Å². The summed E-state index contributed by atoms with van der Waals surface area (Å²) in [7, 11) is 0. The van der Waals surface area contributed by atoms with Crippen LogP contribution in [0.3, 0.4) is 0 Å². The van der Waals surface area contributed by atoms with Gasteiger partial charge in [-0.05, 0) is 18.2 Å². The van der Waals surface area contributed by atoms with Crippen molar-refractivity contribution in [3.8, 4) is 11.4 Å². The molecule has 3 aromatic rings. The summed E-state index contributed by atoms with van der Waals surface area (Å²) < 4.78 is 38.2. The molecule has 0 amide bonds. The summed E-state index contributed by atoms with van der Waals surface area (Å²) in [6.45, 7) is 0. The zero-order valence-electron chi connectivity index (χ0n) is 9.94. The minimum absolute atomic E-state index is 0.179. The first-order valence-corrected chi connectivity index (χ1v) is 5.58. The molecule has 0 bridgehead atoms. The van der Waals surface area contributed by atoms with Gasteiger partial charge in [0.15, 0.2) is 5.65 Å². The third-order valence-corrected chi connectivity index (χ3v) is 2.80. The Bertz CT molecular complexity index is 745. The van der Waals surface area contributed by atoms with Crippen LogP contribution in [0, 0.1) is 0 Å². The van der Waals surface area contributed by atoms with Crippen LogP contribution >= 0.6 is 0 Å². The topological polar surface area (TPSA) is 80.5 Å². The predicted molar refractivity (Wildman–Crippen MR) is 66.5 cm³/mol. The van der Waals surface area contributed by atoms with Gasteiger partial charge >= 0.3 is 6.18 Å². The third kappa shape index (κ3) is 2.04. The second-order valence-corrected chi connectivity index (χ2v) is 4.15. The van der Waals surface area contributed by atoms with Gasteiger partial charge in [-0.2, -0.15) is 13.2 Å².